The van der Waals surface area contributed by atoms with E-state index in [1.54, 1.807) is 0 Å². The highest BCUT2D eigenvalue weighted by Gasteiger charge is 2.02. The van der Waals surface area contributed by atoms with Crippen LogP contribution >= 0.6 is 0 Å². The largest absolute Gasteiger partial charge is 0.481 e. The van der Waals surface area contributed by atoms with Crippen LogP contribution in [0.2, 0.25) is 0 Å². The average Bonchev–Trinajstić information content (AvgIpc) is 2.03. The fourth-order valence-corrected chi connectivity index (χ4v) is 0.740. The van der Waals surface area contributed by atoms with Crippen molar-refractivity contribution in [2.24, 2.45) is 0 Å². The van der Waals surface area contributed by atoms with Crippen molar-refractivity contribution < 1.29 is 14.6 Å². The molecule has 0 fully saturated rings. The van der Waals surface area contributed by atoms with Crippen LogP contribution in [0, 0.1) is 0 Å². The Labute approximate surface area is 69.0 Å². The predicted octanol–water partition coefficient (Wildman–Crippen LogP) is 0.112. The lowest BCUT2D eigenvalue weighted by atomic mass is 10.3. The third kappa shape index (κ3) is 2.19. The van der Waals surface area contributed by atoms with Gasteiger partial charge in [0, 0.05) is 6.07 Å². The highest BCUT2D eigenvalue weighted by molar-refractivity contribution is 5.69. The summed E-state index contributed by atoms with van der Waals surface area (Å²) in [4.78, 5) is 17.8. The Morgan fingerprint density at radius 1 is 1.67 bits per heavy atom. The van der Waals surface area contributed by atoms with Crippen molar-refractivity contribution in [1.82, 2.24) is 9.97 Å². The fraction of sp³-hybridized carbons (Fsp3) is 0.286. The lowest BCUT2D eigenvalue weighted by molar-refractivity contribution is -0.136. The summed E-state index contributed by atoms with van der Waals surface area (Å²) in [5.41, 5.74) is 0.439. The van der Waals surface area contributed by atoms with Gasteiger partial charge in [0.25, 0.3) is 0 Å². The van der Waals surface area contributed by atoms with E-state index in [2.05, 4.69) is 9.97 Å². The molecule has 0 saturated carbocycles. The Morgan fingerprint density at radius 2 is 2.42 bits per heavy atom. The fourth-order valence-electron chi connectivity index (χ4n) is 0.740. The molecule has 1 aromatic heterocycles. The molecule has 0 aliphatic heterocycles. The van der Waals surface area contributed by atoms with E-state index in [1.165, 1.54) is 19.5 Å². The van der Waals surface area contributed by atoms with Crippen LogP contribution in [-0.4, -0.2) is 28.2 Å². The number of aliphatic carboxylic acids is 1. The average molecular weight is 168 g/mol. The Kier molecular flexibility index (Phi) is 2.57. The molecule has 0 aromatic carbocycles. The molecule has 1 rings (SSSR count). The number of hydrogen-bond acceptors (Lipinski definition) is 4. The number of methoxy groups -OCH3 is 1. The predicted molar refractivity (Wildman–Crippen MR) is 39.9 cm³/mol. The summed E-state index contributed by atoms with van der Waals surface area (Å²) in [5, 5.41) is 8.43. The van der Waals surface area contributed by atoms with Gasteiger partial charge < -0.3 is 9.84 Å². The van der Waals surface area contributed by atoms with Gasteiger partial charge in [0.2, 0.25) is 5.88 Å². The number of carboxylic acid groups (broad SMARTS) is 1. The van der Waals surface area contributed by atoms with Gasteiger partial charge in [0.15, 0.2) is 0 Å². The number of carbonyl (C=O) groups is 1. The molecule has 0 atom stereocenters. The number of nitrogens with zero attached hydrogens (tertiary/aromatic N) is 2. The standard InChI is InChI=1S/C7H8N2O3/c1-12-6-2-5(3-7(10)11)8-4-9-6/h2,4H,3H2,1H3,(H,10,11). The van der Waals surface area contributed by atoms with Crippen LogP contribution in [0.25, 0.3) is 0 Å². The molecule has 0 saturated heterocycles. The van der Waals surface area contributed by atoms with Gasteiger partial charge in [-0.25, -0.2) is 9.97 Å². The molecule has 0 amide bonds. The molecular formula is C7H8N2O3. The first-order valence-corrected chi connectivity index (χ1v) is 3.29. The SMILES string of the molecule is COc1cc(CC(=O)O)ncn1. The smallest absolute Gasteiger partial charge is 0.309 e. The van der Waals surface area contributed by atoms with Crippen LogP contribution in [0.1, 0.15) is 5.69 Å². The van der Waals surface area contributed by atoms with E-state index in [4.69, 9.17) is 9.84 Å². The van der Waals surface area contributed by atoms with Crippen molar-refractivity contribution in [2.45, 2.75) is 6.42 Å². The zero-order valence-corrected chi connectivity index (χ0v) is 6.52. The lowest BCUT2D eigenvalue weighted by Crippen LogP contribution is -2.03. The topological polar surface area (TPSA) is 72.3 Å². The molecule has 1 heterocycles. The first kappa shape index (κ1) is 8.45. The highest BCUT2D eigenvalue weighted by Crippen LogP contribution is 2.05. The molecule has 5 nitrogen and oxygen atoms in total. The van der Waals surface area contributed by atoms with E-state index >= 15 is 0 Å². The quantitative estimate of drug-likeness (QED) is 0.693. The Bertz CT molecular complexity index is 288. The van der Waals surface area contributed by atoms with Gasteiger partial charge in [-0.2, -0.15) is 0 Å². The van der Waals surface area contributed by atoms with Gasteiger partial charge in [-0.15, -0.1) is 0 Å². The Morgan fingerprint density at radius 3 is 3.00 bits per heavy atom. The number of carboxylic acids is 1. The lowest BCUT2D eigenvalue weighted by Gasteiger charge is -1.98. The van der Waals surface area contributed by atoms with E-state index in [0.29, 0.717) is 11.6 Å². The van der Waals surface area contributed by atoms with E-state index < -0.39 is 5.97 Å². The normalized spacial score (nSPS) is 9.42. The number of hydrogen-bond donors (Lipinski definition) is 1. The minimum atomic E-state index is -0.921. The molecule has 1 N–H and O–H groups in total. The maximum absolute atomic E-state index is 10.3. The van der Waals surface area contributed by atoms with Crippen LogP contribution in [0.15, 0.2) is 12.4 Å². The van der Waals surface area contributed by atoms with Crippen LogP contribution < -0.4 is 4.74 Å². The summed E-state index contributed by atoms with van der Waals surface area (Å²) >= 11 is 0. The highest BCUT2D eigenvalue weighted by atomic mass is 16.5. The summed E-state index contributed by atoms with van der Waals surface area (Å²) in [6.45, 7) is 0. The zero-order valence-electron chi connectivity index (χ0n) is 6.52. The molecule has 64 valence electrons. The second-order valence-electron chi connectivity index (χ2n) is 2.12. The number of ether oxygens (including phenoxy) is 1. The first-order valence-electron chi connectivity index (χ1n) is 3.29. The first-order chi connectivity index (χ1) is 5.72. The minimum Gasteiger partial charge on any atom is -0.481 e. The molecule has 0 bridgehead atoms. The van der Waals surface area contributed by atoms with Gasteiger partial charge in [0.1, 0.15) is 6.33 Å². The van der Waals surface area contributed by atoms with Crippen molar-refractivity contribution in [3.05, 3.63) is 18.1 Å². The summed E-state index contributed by atoms with van der Waals surface area (Å²) in [6.07, 6.45) is 1.16. The molecule has 0 radical (unpaired) electrons. The summed E-state index contributed by atoms with van der Waals surface area (Å²) in [5.74, 6) is -0.544. The van der Waals surface area contributed by atoms with E-state index in [-0.39, 0.29) is 6.42 Å². The molecule has 5 heteroatoms. The molecule has 0 unspecified atom stereocenters. The van der Waals surface area contributed by atoms with Crippen molar-refractivity contribution in [3.8, 4) is 5.88 Å². The zero-order chi connectivity index (χ0) is 8.97. The monoisotopic (exact) mass is 168 g/mol. The third-order valence-corrected chi connectivity index (χ3v) is 1.24. The molecule has 12 heavy (non-hydrogen) atoms. The van der Waals surface area contributed by atoms with Crippen molar-refractivity contribution in [2.75, 3.05) is 7.11 Å². The van der Waals surface area contributed by atoms with E-state index in [0.717, 1.165) is 0 Å². The second-order valence-corrected chi connectivity index (χ2v) is 2.12. The summed E-state index contributed by atoms with van der Waals surface area (Å²) in [7, 11) is 1.47. The van der Waals surface area contributed by atoms with Gasteiger partial charge in [-0.3, -0.25) is 4.79 Å². The Balaban J connectivity index is 2.79. The number of rotatable bonds is 3. The van der Waals surface area contributed by atoms with Crippen LogP contribution in [0.4, 0.5) is 0 Å². The molecule has 0 aliphatic carbocycles. The molecule has 1 aromatic rings. The van der Waals surface area contributed by atoms with Crippen LogP contribution in [0.3, 0.4) is 0 Å². The summed E-state index contributed by atoms with van der Waals surface area (Å²) < 4.78 is 4.79. The van der Waals surface area contributed by atoms with Crippen molar-refractivity contribution in [3.63, 3.8) is 0 Å². The molecular weight excluding hydrogens is 160 g/mol. The van der Waals surface area contributed by atoms with Crippen molar-refractivity contribution >= 4 is 5.97 Å². The van der Waals surface area contributed by atoms with Gasteiger partial charge in [-0.1, -0.05) is 0 Å². The minimum absolute atomic E-state index is 0.112. The van der Waals surface area contributed by atoms with Crippen LogP contribution in [-0.2, 0) is 11.2 Å². The third-order valence-electron chi connectivity index (χ3n) is 1.24. The molecule has 0 aliphatic rings. The summed E-state index contributed by atoms with van der Waals surface area (Å²) in [6, 6.07) is 1.49. The second kappa shape index (κ2) is 3.66. The number of aromatic nitrogens is 2. The molecule has 0 spiro atoms. The van der Waals surface area contributed by atoms with E-state index in [1.807, 2.05) is 0 Å². The maximum atomic E-state index is 10.3. The van der Waals surface area contributed by atoms with Gasteiger partial charge >= 0.3 is 5.97 Å². The van der Waals surface area contributed by atoms with E-state index in [9.17, 15) is 4.79 Å². The van der Waals surface area contributed by atoms with Gasteiger partial charge in [-0.05, 0) is 0 Å². The Hall–Kier alpha value is -1.65. The van der Waals surface area contributed by atoms with Crippen LogP contribution in [0.5, 0.6) is 5.88 Å². The maximum Gasteiger partial charge on any atom is 0.309 e. The van der Waals surface area contributed by atoms with Gasteiger partial charge in [0.05, 0.1) is 19.2 Å². The van der Waals surface area contributed by atoms with Crippen molar-refractivity contribution in [1.29, 1.82) is 0 Å².